The van der Waals surface area contributed by atoms with Crippen LogP contribution in [0.15, 0.2) is 29.3 Å². The van der Waals surface area contributed by atoms with Crippen LogP contribution in [0.4, 0.5) is 0 Å². The molecule has 3 N–H and O–H groups in total. The molecule has 138 valence electrons. The second kappa shape index (κ2) is 13.7. The van der Waals surface area contributed by atoms with Gasteiger partial charge in [0.2, 0.25) is 0 Å². The van der Waals surface area contributed by atoms with Crippen LogP contribution in [0.3, 0.4) is 0 Å². The Bertz CT molecular complexity index is 469. The highest BCUT2D eigenvalue weighted by atomic mass is 127. The van der Waals surface area contributed by atoms with Gasteiger partial charge in [-0.2, -0.15) is 0 Å². The van der Waals surface area contributed by atoms with Gasteiger partial charge in [-0.15, -0.1) is 24.0 Å². The molecule has 0 heterocycles. The maximum Gasteiger partial charge on any atom is 0.191 e. The quantitative estimate of drug-likeness (QED) is 0.295. The number of nitrogens with one attached hydrogen (secondary N) is 2. The third-order valence-electron chi connectivity index (χ3n) is 2.94. The standard InChI is InChI=1S/C17H28ClN3O2.HI/c1-4-19-17(20-9-14-5-7-15(18)8-6-14)21-10-16(22)12-23-11-13(2)3;/h5-8,13,16,22H,4,9-12H2,1-3H3,(H2,19,20,21);1H. The predicted molar refractivity (Wildman–Crippen MR) is 111 cm³/mol. The van der Waals surface area contributed by atoms with Gasteiger partial charge >= 0.3 is 0 Å². The number of halogens is 2. The first kappa shape index (κ1) is 23.4. The maximum absolute atomic E-state index is 9.91. The van der Waals surface area contributed by atoms with E-state index in [1.54, 1.807) is 0 Å². The van der Waals surface area contributed by atoms with Gasteiger partial charge in [-0.1, -0.05) is 37.6 Å². The summed E-state index contributed by atoms with van der Waals surface area (Å²) < 4.78 is 5.43. The Labute approximate surface area is 167 Å². The van der Waals surface area contributed by atoms with E-state index < -0.39 is 6.10 Å². The van der Waals surface area contributed by atoms with E-state index in [1.807, 2.05) is 31.2 Å². The normalized spacial score (nSPS) is 12.7. The predicted octanol–water partition coefficient (Wildman–Crippen LogP) is 3.05. The molecule has 0 spiro atoms. The van der Waals surface area contributed by atoms with Crippen molar-refractivity contribution >= 4 is 41.5 Å². The van der Waals surface area contributed by atoms with Crippen LogP contribution in [0.25, 0.3) is 0 Å². The Hall–Kier alpha value is -0.570. The summed E-state index contributed by atoms with van der Waals surface area (Å²) in [6.07, 6.45) is -0.562. The van der Waals surface area contributed by atoms with E-state index in [9.17, 15) is 5.11 Å². The van der Waals surface area contributed by atoms with Crippen molar-refractivity contribution < 1.29 is 9.84 Å². The topological polar surface area (TPSA) is 65.9 Å². The number of guanidine groups is 1. The van der Waals surface area contributed by atoms with Crippen molar-refractivity contribution in [1.82, 2.24) is 10.6 Å². The van der Waals surface area contributed by atoms with Crippen LogP contribution in [-0.4, -0.2) is 43.5 Å². The first-order chi connectivity index (χ1) is 11.0. The minimum Gasteiger partial charge on any atom is -0.389 e. The molecule has 1 aromatic carbocycles. The van der Waals surface area contributed by atoms with Crippen molar-refractivity contribution in [2.45, 2.75) is 33.4 Å². The first-order valence-corrected chi connectivity index (χ1v) is 8.41. The molecule has 1 aromatic rings. The van der Waals surface area contributed by atoms with Crippen LogP contribution in [-0.2, 0) is 11.3 Å². The molecule has 1 atom stereocenters. The van der Waals surface area contributed by atoms with Crippen LogP contribution >= 0.6 is 35.6 Å². The van der Waals surface area contributed by atoms with Gasteiger partial charge in [0.1, 0.15) is 0 Å². The number of aliphatic hydroxyl groups excluding tert-OH is 1. The molecule has 0 saturated carbocycles. The van der Waals surface area contributed by atoms with Gasteiger partial charge < -0.3 is 20.5 Å². The minimum absolute atomic E-state index is 0. The average Bonchev–Trinajstić information content (AvgIpc) is 2.51. The van der Waals surface area contributed by atoms with E-state index in [0.717, 1.165) is 12.1 Å². The second-order valence-electron chi connectivity index (χ2n) is 5.79. The zero-order valence-electron chi connectivity index (χ0n) is 14.6. The van der Waals surface area contributed by atoms with E-state index in [1.165, 1.54) is 0 Å². The summed E-state index contributed by atoms with van der Waals surface area (Å²) in [6, 6.07) is 7.60. The molecule has 0 radical (unpaired) electrons. The number of ether oxygens (including phenoxy) is 1. The van der Waals surface area contributed by atoms with E-state index >= 15 is 0 Å². The average molecular weight is 470 g/mol. The molecule has 0 saturated heterocycles. The Morgan fingerprint density at radius 1 is 1.21 bits per heavy atom. The van der Waals surface area contributed by atoms with Crippen molar-refractivity contribution in [3.8, 4) is 0 Å². The molecule has 0 bridgehead atoms. The van der Waals surface area contributed by atoms with Crippen molar-refractivity contribution in [3.63, 3.8) is 0 Å². The van der Waals surface area contributed by atoms with Gasteiger partial charge in [0.15, 0.2) is 5.96 Å². The van der Waals surface area contributed by atoms with Gasteiger partial charge in [0.05, 0.1) is 19.3 Å². The summed E-state index contributed by atoms with van der Waals surface area (Å²) >= 11 is 5.87. The monoisotopic (exact) mass is 469 g/mol. The Balaban J connectivity index is 0.00000529. The minimum atomic E-state index is -0.562. The van der Waals surface area contributed by atoms with E-state index in [4.69, 9.17) is 16.3 Å². The fourth-order valence-electron chi connectivity index (χ4n) is 1.82. The third-order valence-corrected chi connectivity index (χ3v) is 3.20. The van der Waals surface area contributed by atoms with E-state index in [0.29, 0.717) is 43.2 Å². The lowest BCUT2D eigenvalue weighted by atomic mass is 10.2. The number of aliphatic hydroxyl groups is 1. The summed E-state index contributed by atoms with van der Waals surface area (Å²) in [6.45, 7) is 8.84. The number of nitrogens with zero attached hydrogens (tertiary/aromatic N) is 1. The number of aliphatic imine (C=N–C) groups is 1. The molecule has 24 heavy (non-hydrogen) atoms. The largest absolute Gasteiger partial charge is 0.389 e. The molecule has 1 unspecified atom stereocenters. The van der Waals surface area contributed by atoms with Crippen molar-refractivity contribution in [2.75, 3.05) is 26.3 Å². The lowest BCUT2D eigenvalue weighted by Crippen LogP contribution is -2.42. The summed E-state index contributed by atoms with van der Waals surface area (Å²) in [5.41, 5.74) is 1.08. The lowest BCUT2D eigenvalue weighted by Gasteiger charge is -2.16. The number of benzene rings is 1. The summed E-state index contributed by atoms with van der Waals surface area (Å²) in [4.78, 5) is 4.49. The van der Waals surface area contributed by atoms with Gasteiger partial charge in [0, 0.05) is 24.7 Å². The highest BCUT2D eigenvalue weighted by molar-refractivity contribution is 14.0. The van der Waals surface area contributed by atoms with Gasteiger partial charge in [-0.25, -0.2) is 4.99 Å². The fourth-order valence-corrected chi connectivity index (χ4v) is 1.94. The zero-order chi connectivity index (χ0) is 17.1. The molecule has 0 aromatic heterocycles. The maximum atomic E-state index is 9.91. The van der Waals surface area contributed by atoms with Crippen LogP contribution in [0.2, 0.25) is 5.02 Å². The molecule has 0 aliphatic carbocycles. The Kier molecular flexibility index (Phi) is 13.4. The van der Waals surface area contributed by atoms with Crippen molar-refractivity contribution in [1.29, 1.82) is 0 Å². The van der Waals surface area contributed by atoms with Crippen LogP contribution in [0.1, 0.15) is 26.3 Å². The molecule has 7 heteroatoms. The fraction of sp³-hybridized carbons (Fsp3) is 0.588. The number of hydrogen-bond acceptors (Lipinski definition) is 3. The van der Waals surface area contributed by atoms with Crippen LogP contribution < -0.4 is 10.6 Å². The van der Waals surface area contributed by atoms with Crippen molar-refractivity contribution in [2.24, 2.45) is 10.9 Å². The summed E-state index contributed by atoms with van der Waals surface area (Å²) in [5, 5.41) is 16.9. The highest BCUT2D eigenvalue weighted by Gasteiger charge is 2.06. The molecule has 0 fully saturated rings. The summed E-state index contributed by atoms with van der Waals surface area (Å²) in [5.74, 6) is 1.14. The lowest BCUT2D eigenvalue weighted by molar-refractivity contribution is 0.0280. The highest BCUT2D eigenvalue weighted by Crippen LogP contribution is 2.10. The van der Waals surface area contributed by atoms with Gasteiger partial charge in [0.25, 0.3) is 0 Å². The smallest absolute Gasteiger partial charge is 0.191 e. The Morgan fingerprint density at radius 2 is 1.88 bits per heavy atom. The first-order valence-electron chi connectivity index (χ1n) is 8.03. The molecule has 1 rings (SSSR count). The number of rotatable bonds is 9. The van der Waals surface area contributed by atoms with Gasteiger partial charge in [-0.3, -0.25) is 0 Å². The SMILES string of the molecule is CCNC(=NCc1ccc(Cl)cc1)NCC(O)COCC(C)C.I. The molecule has 0 amide bonds. The zero-order valence-corrected chi connectivity index (χ0v) is 17.7. The second-order valence-corrected chi connectivity index (χ2v) is 6.22. The molecule has 0 aliphatic rings. The third kappa shape index (κ3) is 11.1. The van der Waals surface area contributed by atoms with Crippen LogP contribution in [0.5, 0.6) is 0 Å². The van der Waals surface area contributed by atoms with Gasteiger partial charge in [-0.05, 0) is 30.5 Å². The number of hydrogen-bond donors (Lipinski definition) is 3. The summed E-state index contributed by atoms with van der Waals surface area (Å²) in [7, 11) is 0. The molecule has 5 nitrogen and oxygen atoms in total. The van der Waals surface area contributed by atoms with Crippen molar-refractivity contribution in [3.05, 3.63) is 34.9 Å². The van der Waals surface area contributed by atoms with Crippen LogP contribution in [0, 0.1) is 5.92 Å². The Morgan fingerprint density at radius 3 is 2.46 bits per heavy atom. The molecule has 0 aliphatic heterocycles. The molecular formula is C17H29ClIN3O2. The molecular weight excluding hydrogens is 441 g/mol. The van der Waals surface area contributed by atoms with E-state index in [2.05, 4.69) is 29.5 Å². The van der Waals surface area contributed by atoms with E-state index in [-0.39, 0.29) is 24.0 Å².